The highest BCUT2D eigenvalue weighted by atomic mass is 32.2. The highest BCUT2D eigenvalue weighted by molar-refractivity contribution is 7.99. The molecule has 26 heavy (non-hydrogen) atoms. The minimum Gasteiger partial charge on any atom is -0.324 e. The van der Waals surface area contributed by atoms with Gasteiger partial charge in [0.1, 0.15) is 0 Å². The summed E-state index contributed by atoms with van der Waals surface area (Å²) in [6.45, 7) is 9.08. The summed E-state index contributed by atoms with van der Waals surface area (Å²) in [5.41, 5.74) is 0.847. The van der Waals surface area contributed by atoms with Gasteiger partial charge in [0.2, 0.25) is 5.91 Å². The fourth-order valence-corrected chi connectivity index (χ4v) is 3.94. The Bertz CT molecular complexity index is 638. The Morgan fingerprint density at radius 2 is 2.04 bits per heavy atom. The first-order valence-corrected chi connectivity index (χ1v) is 10.6. The first-order chi connectivity index (χ1) is 12.5. The number of hydrogen-bond acceptors (Lipinski definition) is 4. The molecule has 0 saturated heterocycles. The van der Waals surface area contributed by atoms with E-state index in [-0.39, 0.29) is 11.8 Å². The van der Waals surface area contributed by atoms with E-state index >= 15 is 0 Å². The summed E-state index contributed by atoms with van der Waals surface area (Å²) in [6.07, 6.45) is 3.53. The molecule has 1 aliphatic rings. The van der Waals surface area contributed by atoms with E-state index in [1.54, 1.807) is 11.8 Å². The molecule has 1 aromatic rings. The van der Waals surface area contributed by atoms with Crippen LogP contribution in [0.1, 0.15) is 47.0 Å². The fourth-order valence-electron chi connectivity index (χ4n) is 2.98. The monoisotopic (exact) mass is 373 g/mol. The normalized spacial score (nSPS) is 17.4. The van der Waals surface area contributed by atoms with Crippen molar-refractivity contribution in [3.8, 4) is 6.07 Å². The number of anilines is 1. The molecule has 1 aliphatic carbocycles. The van der Waals surface area contributed by atoms with Gasteiger partial charge in [-0.25, -0.2) is 0 Å². The number of nitrogens with zero attached hydrogens (tertiary/aromatic N) is 2. The second-order valence-corrected chi connectivity index (χ2v) is 8.48. The Morgan fingerprint density at radius 1 is 1.35 bits per heavy atom. The molecule has 0 aromatic heterocycles. The van der Waals surface area contributed by atoms with Crippen molar-refractivity contribution in [3.63, 3.8) is 0 Å². The van der Waals surface area contributed by atoms with Crippen LogP contribution in [0.5, 0.6) is 0 Å². The van der Waals surface area contributed by atoms with Crippen molar-refractivity contribution < 1.29 is 4.79 Å². The number of para-hydroxylation sites is 1. The summed E-state index contributed by atoms with van der Waals surface area (Å²) < 4.78 is 0. The molecule has 1 N–H and O–H groups in total. The van der Waals surface area contributed by atoms with E-state index in [4.69, 9.17) is 5.26 Å². The van der Waals surface area contributed by atoms with Crippen LogP contribution in [-0.4, -0.2) is 35.2 Å². The van der Waals surface area contributed by atoms with E-state index in [0.717, 1.165) is 22.8 Å². The van der Waals surface area contributed by atoms with E-state index in [9.17, 15) is 4.79 Å². The van der Waals surface area contributed by atoms with Crippen LogP contribution in [0.3, 0.4) is 0 Å². The molecule has 1 aromatic carbocycles. The van der Waals surface area contributed by atoms with Crippen LogP contribution in [0, 0.1) is 23.2 Å². The maximum Gasteiger partial charge on any atom is 0.238 e. The third-order valence-electron chi connectivity index (χ3n) is 5.20. The molecular formula is C21H31N3OS. The highest BCUT2D eigenvalue weighted by Gasteiger charge is 2.34. The topological polar surface area (TPSA) is 56.1 Å². The van der Waals surface area contributed by atoms with Crippen molar-refractivity contribution in [2.24, 2.45) is 11.8 Å². The fraction of sp³-hybridized carbons (Fsp3) is 0.619. The van der Waals surface area contributed by atoms with Gasteiger partial charge in [-0.2, -0.15) is 5.26 Å². The van der Waals surface area contributed by atoms with Crippen LogP contribution < -0.4 is 5.32 Å². The van der Waals surface area contributed by atoms with Crippen LogP contribution in [0.2, 0.25) is 0 Å². The maximum absolute atomic E-state index is 12.7. The van der Waals surface area contributed by atoms with Gasteiger partial charge >= 0.3 is 0 Å². The molecule has 0 aliphatic heterocycles. The number of thioether (sulfide) groups is 1. The van der Waals surface area contributed by atoms with E-state index in [1.165, 1.54) is 12.8 Å². The number of carbonyl (C=O) groups is 1. The van der Waals surface area contributed by atoms with Crippen LogP contribution in [-0.2, 0) is 4.79 Å². The number of hydrogen-bond donors (Lipinski definition) is 1. The smallest absolute Gasteiger partial charge is 0.238 e. The molecule has 0 spiro atoms. The summed E-state index contributed by atoms with van der Waals surface area (Å²) in [5, 5.41) is 12.1. The Kier molecular flexibility index (Phi) is 7.99. The second-order valence-electron chi connectivity index (χ2n) is 7.42. The van der Waals surface area contributed by atoms with Crippen LogP contribution in [0.25, 0.3) is 0 Å². The molecule has 4 nitrogen and oxygen atoms in total. The molecule has 3 atom stereocenters. The van der Waals surface area contributed by atoms with Gasteiger partial charge in [0.25, 0.3) is 0 Å². The zero-order valence-corrected chi connectivity index (χ0v) is 17.2. The summed E-state index contributed by atoms with van der Waals surface area (Å²) >= 11 is 1.62. The lowest BCUT2D eigenvalue weighted by molar-refractivity contribution is -0.118. The number of nitriles is 1. The van der Waals surface area contributed by atoms with Crippen molar-refractivity contribution in [2.45, 2.75) is 63.9 Å². The van der Waals surface area contributed by atoms with Gasteiger partial charge in [-0.15, -0.1) is 11.8 Å². The highest BCUT2D eigenvalue weighted by Crippen LogP contribution is 2.32. The van der Waals surface area contributed by atoms with Gasteiger partial charge in [0, 0.05) is 22.7 Å². The van der Waals surface area contributed by atoms with Gasteiger partial charge in [0.15, 0.2) is 0 Å². The molecule has 142 valence electrons. The molecule has 0 radical (unpaired) electrons. The summed E-state index contributed by atoms with van der Waals surface area (Å²) in [5.74, 6) is 1.35. The molecule has 3 unspecified atom stereocenters. The number of amides is 1. The average Bonchev–Trinajstić information content (AvgIpc) is 3.48. The number of nitrogens with one attached hydrogen (secondary N) is 1. The number of carbonyl (C=O) groups excluding carboxylic acids is 1. The van der Waals surface area contributed by atoms with Crippen LogP contribution in [0.15, 0.2) is 29.2 Å². The van der Waals surface area contributed by atoms with Crippen molar-refractivity contribution >= 4 is 23.4 Å². The number of rotatable bonds is 10. The lowest BCUT2D eigenvalue weighted by atomic mass is 9.99. The molecule has 0 bridgehead atoms. The minimum absolute atomic E-state index is 0.00880. The maximum atomic E-state index is 12.7. The van der Waals surface area contributed by atoms with Crippen LogP contribution >= 0.6 is 11.8 Å². The summed E-state index contributed by atoms with van der Waals surface area (Å²) in [4.78, 5) is 16.1. The van der Waals surface area contributed by atoms with Gasteiger partial charge < -0.3 is 5.32 Å². The van der Waals surface area contributed by atoms with Crippen molar-refractivity contribution in [3.05, 3.63) is 24.3 Å². The minimum atomic E-state index is -0.00880. The molecule has 2 rings (SSSR count). The van der Waals surface area contributed by atoms with Gasteiger partial charge in [-0.05, 0) is 44.7 Å². The average molecular weight is 374 g/mol. The first-order valence-electron chi connectivity index (χ1n) is 9.63. The SMILES string of the molecule is CCC(C)C(C)N(CC(=O)Nc1ccccc1SCC(C)C#N)C1CC1. The van der Waals surface area contributed by atoms with E-state index < -0.39 is 0 Å². The molecule has 1 amide bonds. The lowest BCUT2D eigenvalue weighted by Gasteiger charge is -2.32. The lowest BCUT2D eigenvalue weighted by Crippen LogP contribution is -2.43. The predicted molar refractivity (Wildman–Crippen MR) is 109 cm³/mol. The van der Waals surface area contributed by atoms with Gasteiger partial charge in [-0.1, -0.05) is 32.4 Å². The third kappa shape index (κ3) is 6.03. The molecule has 1 saturated carbocycles. The van der Waals surface area contributed by atoms with E-state index in [2.05, 4.69) is 37.1 Å². The quantitative estimate of drug-likeness (QED) is 0.600. The number of benzene rings is 1. The summed E-state index contributed by atoms with van der Waals surface area (Å²) in [7, 11) is 0. The van der Waals surface area contributed by atoms with Gasteiger partial charge in [0.05, 0.1) is 24.2 Å². The molecule has 5 heteroatoms. The van der Waals surface area contributed by atoms with Crippen LogP contribution in [0.4, 0.5) is 5.69 Å². The van der Waals surface area contributed by atoms with E-state index in [0.29, 0.717) is 24.5 Å². The van der Waals surface area contributed by atoms with Crippen molar-refractivity contribution in [2.75, 3.05) is 17.6 Å². The second kappa shape index (κ2) is 9.99. The zero-order valence-electron chi connectivity index (χ0n) is 16.4. The Hall–Kier alpha value is -1.51. The Morgan fingerprint density at radius 3 is 2.65 bits per heavy atom. The summed E-state index contributed by atoms with van der Waals surface area (Å²) in [6, 6.07) is 11.1. The van der Waals surface area contributed by atoms with Crippen molar-refractivity contribution in [1.82, 2.24) is 4.90 Å². The molecular weight excluding hydrogens is 342 g/mol. The molecule has 1 fully saturated rings. The standard InChI is InChI=1S/C21H31N3OS/c1-5-16(3)17(4)24(18-10-11-18)13-21(25)23-19-8-6-7-9-20(19)26-14-15(2)12-22/h6-9,15-18H,5,10-11,13-14H2,1-4H3,(H,23,25). The van der Waals surface area contributed by atoms with Crippen molar-refractivity contribution in [1.29, 1.82) is 5.26 Å². The predicted octanol–water partition coefficient (Wildman–Crippen LogP) is 4.78. The third-order valence-corrected chi connectivity index (χ3v) is 6.54. The largest absolute Gasteiger partial charge is 0.324 e. The van der Waals surface area contributed by atoms with Gasteiger partial charge in [-0.3, -0.25) is 9.69 Å². The zero-order chi connectivity index (χ0) is 19.1. The van der Waals surface area contributed by atoms with E-state index in [1.807, 2.05) is 31.2 Å². The first kappa shape index (κ1) is 20.8. The Balaban J connectivity index is 1.99. The Labute approximate surface area is 162 Å². The molecule has 0 heterocycles.